The zero-order valence-corrected chi connectivity index (χ0v) is 10.9. The highest BCUT2D eigenvalue weighted by molar-refractivity contribution is 5.89. The first-order valence-electron chi connectivity index (χ1n) is 6.22. The van der Waals surface area contributed by atoms with E-state index in [-0.39, 0.29) is 5.97 Å². The van der Waals surface area contributed by atoms with Gasteiger partial charge in [0.25, 0.3) is 0 Å². The molecule has 0 heterocycles. The highest BCUT2D eigenvalue weighted by Crippen LogP contribution is 2.19. The number of esters is 1. The lowest BCUT2D eigenvalue weighted by Gasteiger charge is -2.19. The van der Waals surface area contributed by atoms with Crippen LogP contribution in [-0.4, -0.2) is 24.3 Å². The summed E-state index contributed by atoms with van der Waals surface area (Å²) in [4.78, 5) is 11.3. The molecule has 4 heteroatoms. The van der Waals surface area contributed by atoms with E-state index in [0.717, 1.165) is 18.4 Å². The first-order chi connectivity index (χ1) is 8.60. The molecule has 100 valence electrons. The third-order valence-electron chi connectivity index (χ3n) is 2.98. The number of carbonyl (C=O) groups is 1. The van der Waals surface area contributed by atoms with Gasteiger partial charge < -0.3 is 15.6 Å². The van der Waals surface area contributed by atoms with E-state index in [9.17, 15) is 9.90 Å². The Morgan fingerprint density at radius 1 is 1.39 bits per heavy atom. The van der Waals surface area contributed by atoms with Gasteiger partial charge >= 0.3 is 5.97 Å². The van der Waals surface area contributed by atoms with E-state index in [1.807, 2.05) is 0 Å². The van der Waals surface area contributed by atoms with Gasteiger partial charge in [0.05, 0.1) is 24.8 Å². The van der Waals surface area contributed by atoms with E-state index in [2.05, 4.69) is 11.7 Å². The Morgan fingerprint density at radius 3 is 2.50 bits per heavy atom. The predicted molar refractivity (Wildman–Crippen MR) is 70.2 cm³/mol. The summed E-state index contributed by atoms with van der Waals surface area (Å²) < 4.78 is 4.62. The summed E-state index contributed by atoms with van der Waals surface area (Å²) in [5.74, 6) is -0.373. The number of benzene rings is 1. The Morgan fingerprint density at radius 2 is 2.00 bits per heavy atom. The van der Waals surface area contributed by atoms with Gasteiger partial charge in [-0.2, -0.15) is 0 Å². The second kappa shape index (κ2) is 7.13. The molecule has 0 amide bonds. The van der Waals surface area contributed by atoms with Gasteiger partial charge in [-0.05, 0) is 24.1 Å². The highest BCUT2D eigenvalue weighted by atomic mass is 16.5. The lowest BCUT2D eigenvalue weighted by molar-refractivity contribution is 0.0600. The summed E-state index contributed by atoms with van der Waals surface area (Å²) in [5.41, 5.74) is 7.28. The van der Waals surface area contributed by atoms with E-state index in [1.54, 1.807) is 24.3 Å². The number of hydrogen-bond acceptors (Lipinski definition) is 4. The van der Waals surface area contributed by atoms with Crippen molar-refractivity contribution in [2.24, 2.45) is 5.73 Å². The zero-order valence-electron chi connectivity index (χ0n) is 10.9. The average molecular weight is 251 g/mol. The maximum atomic E-state index is 11.3. The van der Waals surface area contributed by atoms with Crippen molar-refractivity contribution in [1.82, 2.24) is 0 Å². The number of carbonyl (C=O) groups excluding carboxylic acids is 1. The van der Waals surface area contributed by atoms with Crippen molar-refractivity contribution in [3.05, 3.63) is 35.4 Å². The molecule has 0 bridgehead atoms. The van der Waals surface area contributed by atoms with E-state index in [0.29, 0.717) is 12.0 Å². The Labute approximate surface area is 108 Å². The quantitative estimate of drug-likeness (QED) is 0.759. The molecular weight excluding hydrogens is 230 g/mol. The summed E-state index contributed by atoms with van der Waals surface area (Å²) in [6, 6.07) is 6.42. The van der Waals surface area contributed by atoms with Crippen molar-refractivity contribution in [3.8, 4) is 0 Å². The number of hydrogen-bond donors (Lipinski definition) is 2. The molecule has 0 aliphatic carbocycles. The first-order valence-corrected chi connectivity index (χ1v) is 6.22. The van der Waals surface area contributed by atoms with Crippen molar-refractivity contribution >= 4 is 5.97 Å². The Balaban J connectivity index is 2.69. The van der Waals surface area contributed by atoms with Gasteiger partial charge in [0.2, 0.25) is 0 Å². The minimum Gasteiger partial charge on any atom is -0.465 e. The Kier molecular flexibility index (Phi) is 5.82. The normalized spacial score (nSPS) is 14.0. The molecule has 0 aliphatic heterocycles. The molecule has 0 saturated carbocycles. The molecule has 0 aromatic heterocycles. The maximum absolute atomic E-state index is 11.3. The third-order valence-corrected chi connectivity index (χ3v) is 2.98. The van der Waals surface area contributed by atoms with Crippen LogP contribution in [0.1, 0.15) is 48.1 Å². The van der Waals surface area contributed by atoms with E-state index >= 15 is 0 Å². The highest BCUT2D eigenvalue weighted by Gasteiger charge is 2.16. The fourth-order valence-electron chi connectivity index (χ4n) is 1.77. The molecule has 1 aromatic carbocycles. The van der Waals surface area contributed by atoms with Crippen LogP contribution in [0.5, 0.6) is 0 Å². The number of nitrogens with two attached hydrogens (primary N) is 1. The number of aliphatic hydroxyl groups is 1. The summed E-state index contributed by atoms with van der Waals surface area (Å²) in [6.07, 6.45) is 2.13. The van der Waals surface area contributed by atoms with Crippen molar-refractivity contribution in [3.63, 3.8) is 0 Å². The monoisotopic (exact) mass is 251 g/mol. The molecule has 0 saturated heterocycles. The van der Waals surface area contributed by atoms with Crippen LogP contribution in [0.4, 0.5) is 0 Å². The van der Waals surface area contributed by atoms with Crippen LogP contribution in [0.15, 0.2) is 24.3 Å². The molecule has 18 heavy (non-hydrogen) atoms. The van der Waals surface area contributed by atoms with Crippen LogP contribution in [0.25, 0.3) is 0 Å². The van der Waals surface area contributed by atoms with Crippen molar-refractivity contribution < 1.29 is 14.6 Å². The number of aliphatic hydroxyl groups excluding tert-OH is 1. The van der Waals surface area contributed by atoms with Crippen LogP contribution in [0.2, 0.25) is 0 Å². The molecule has 0 radical (unpaired) electrons. The van der Waals surface area contributed by atoms with Gasteiger partial charge in [-0.1, -0.05) is 31.9 Å². The second-order valence-corrected chi connectivity index (χ2v) is 4.35. The largest absolute Gasteiger partial charge is 0.465 e. The molecule has 0 fully saturated rings. The van der Waals surface area contributed by atoms with Gasteiger partial charge in [-0.15, -0.1) is 0 Å². The number of ether oxygens (including phenoxy) is 1. The number of unbranched alkanes of at least 4 members (excludes halogenated alkanes) is 1. The molecule has 0 unspecified atom stereocenters. The summed E-state index contributed by atoms with van der Waals surface area (Å²) in [5, 5.41) is 9.91. The molecule has 4 nitrogen and oxygen atoms in total. The Bertz CT molecular complexity index is 375. The van der Waals surface area contributed by atoms with Crippen LogP contribution in [-0.2, 0) is 4.74 Å². The van der Waals surface area contributed by atoms with Crippen molar-refractivity contribution in [2.45, 2.75) is 38.3 Å². The van der Waals surface area contributed by atoms with Crippen LogP contribution >= 0.6 is 0 Å². The van der Waals surface area contributed by atoms with Crippen molar-refractivity contribution in [2.75, 3.05) is 7.11 Å². The van der Waals surface area contributed by atoms with Crippen molar-refractivity contribution in [1.29, 1.82) is 0 Å². The number of methoxy groups -OCH3 is 1. The molecular formula is C14H21NO3. The summed E-state index contributed by atoms with van der Waals surface area (Å²) in [6.45, 7) is 2.07. The third kappa shape index (κ3) is 3.82. The Hall–Kier alpha value is -1.39. The number of rotatable bonds is 6. The zero-order chi connectivity index (χ0) is 13.5. The fraction of sp³-hybridized carbons (Fsp3) is 0.500. The van der Waals surface area contributed by atoms with Gasteiger partial charge in [0.1, 0.15) is 0 Å². The van der Waals surface area contributed by atoms with Crippen LogP contribution in [0, 0.1) is 0 Å². The van der Waals surface area contributed by atoms with E-state index in [4.69, 9.17) is 5.73 Å². The molecule has 2 atom stereocenters. The lowest BCUT2D eigenvalue weighted by atomic mass is 9.97. The fourth-order valence-corrected chi connectivity index (χ4v) is 1.77. The average Bonchev–Trinajstić information content (AvgIpc) is 2.43. The van der Waals surface area contributed by atoms with Gasteiger partial charge in [0.15, 0.2) is 0 Å². The summed E-state index contributed by atoms with van der Waals surface area (Å²) in [7, 11) is 1.34. The maximum Gasteiger partial charge on any atom is 0.337 e. The van der Waals surface area contributed by atoms with Gasteiger partial charge in [-0.3, -0.25) is 0 Å². The molecule has 0 aliphatic rings. The van der Waals surface area contributed by atoms with Crippen LogP contribution < -0.4 is 5.73 Å². The van der Waals surface area contributed by atoms with Gasteiger partial charge in [-0.25, -0.2) is 4.79 Å². The molecule has 0 spiro atoms. The molecule has 1 aromatic rings. The molecule has 1 rings (SSSR count). The van der Waals surface area contributed by atoms with E-state index < -0.39 is 12.1 Å². The second-order valence-electron chi connectivity index (χ2n) is 4.35. The van der Waals surface area contributed by atoms with E-state index in [1.165, 1.54) is 7.11 Å². The SMILES string of the molecule is CCCC[C@H](O)[C@H](N)c1ccc(C(=O)OC)cc1. The minimum atomic E-state index is -0.547. The first kappa shape index (κ1) is 14.7. The minimum absolute atomic E-state index is 0.373. The van der Waals surface area contributed by atoms with Crippen LogP contribution in [0.3, 0.4) is 0 Å². The predicted octanol–water partition coefficient (Wildman–Crippen LogP) is 2.02. The molecule has 3 N–H and O–H groups in total. The standard InChI is InChI=1S/C14H21NO3/c1-3-4-5-12(16)13(15)10-6-8-11(9-7-10)14(17)18-2/h6-9,12-13,16H,3-5,15H2,1-2H3/t12-,13+/m0/s1. The smallest absolute Gasteiger partial charge is 0.337 e. The topological polar surface area (TPSA) is 72.5 Å². The lowest BCUT2D eigenvalue weighted by Crippen LogP contribution is -2.26. The summed E-state index contributed by atoms with van der Waals surface area (Å²) >= 11 is 0. The van der Waals surface area contributed by atoms with Gasteiger partial charge in [0, 0.05) is 0 Å².